The summed E-state index contributed by atoms with van der Waals surface area (Å²) in [7, 11) is 0. The summed E-state index contributed by atoms with van der Waals surface area (Å²) in [5, 5.41) is 16.6. The van der Waals surface area contributed by atoms with Crippen LogP contribution in [0.1, 0.15) is 22.8 Å². The molecule has 0 bridgehead atoms. The fraction of sp³-hybridized carbons (Fsp3) is 0.375. The van der Waals surface area contributed by atoms with Gasteiger partial charge < -0.3 is 15.2 Å². The Morgan fingerprint density at radius 1 is 1.50 bits per heavy atom. The van der Waals surface area contributed by atoms with Gasteiger partial charge in [0.05, 0.1) is 11.8 Å². The van der Waals surface area contributed by atoms with Crippen LogP contribution in [-0.2, 0) is 6.54 Å². The zero-order valence-electron chi connectivity index (χ0n) is 12.8. The van der Waals surface area contributed by atoms with E-state index in [2.05, 4.69) is 10.4 Å². The van der Waals surface area contributed by atoms with E-state index in [1.807, 2.05) is 38.1 Å². The van der Waals surface area contributed by atoms with Crippen molar-refractivity contribution in [3.05, 3.63) is 47.8 Å². The van der Waals surface area contributed by atoms with E-state index in [4.69, 9.17) is 4.74 Å². The Kier molecular flexibility index (Phi) is 5.55. The molecule has 0 saturated heterocycles. The van der Waals surface area contributed by atoms with Crippen molar-refractivity contribution < 1.29 is 14.6 Å². The molecule has 118 valence electrons. The molecule has 1 aromatic heterocycles. The van der Waals surface area contributed by atoms with Crippen LogP contribution in [0.25, 0.3) is 0 Å². The van der Waals surface area contributed by atoms with Crippen molar-refractivity contribution in [3.63, 3.8) is 0 Å². The van der Waals surface area contributed by atoms with Crippen molar-refractivity contribution >= 4 is 5.91 Å². The highest BCUT2D eigenvalue weighted by Gasteiger charge is 2.11. The molecule has 22 heavy (non-hydrogen) atoms. The van der Waals surface area contributed by atoms with Gasteiger partial charge in [0.1, 0.15) is 18.5 Å². The fourth-order valence-electron chi connectivity index (χ4n) is 1.92. The van der Waals surface area contributed by atoms with Gasteiger partial charge in [-0.15, -0.1) is 0 Å². The van der Waals surface area contributed by atoms with Crippen LogP contribution in [0.3, 0.4) is 0 Å². The molecule has 0 radical (unpaired) electrons. The largest absolute Gasteiger partial charge is 0.491 e. The Hall–Kier alpha value is -2.34. The molecule has 0 spiro atoms. The van der Waals surface area contributed by atoms with Crippen LogP contribution >= 0.6 is 0 Å². The first-order valence-corrected chi connectivity index (χ1v) is 7.26. The van der Waals surface area contributed by atoms with Gasteiger partial charge in [-0.3, -0.25) is 9.48 Å². The molecule has 0 fully saturated rings. The highest BCUT2D eigenvalue weighted by molar-refractivity contribution is 5.93. The molecule has 1 atom stereocenters. The number of aliphatic hydroxyl groups is 1. The number of carbonyl (C=O) groups is 1. The van der Waals surface area contributed by atoms with Gasteiger partial charge in [-0.25, -0.2) is 0 Å². The Morgan fingerprint density at radius 3 is 3.00 bits per heavy atom. The number of hydrogen-bond acceptors (Lipinski definition) is 4. The zero-order chi connectivity index (χ0) is 15.9. The van der Waals surface area contributed by atoms with Crippen LogP contribution in [0.2, 0.25) is 0 Å². The summed E-state index contributed by atoms with van der Waals surface area (Å²) in [6.07, 6.45) is 2.41. The van der Waals surface area contributed by atoms with Crippen molar-refractivity contribution in [3.8, 4) is 5.75 Å². The summed E-state index contributed by atoms with van der Waals surface area (Å²) in [6, 6.07) is 7.59. The number of benzene rings is 1. The minimum absolute atomic E-state index is 0.123. The van der Waals surface area contributed by atoms with Crippen molar-refractivity contribution in [1.29, 1.82) is 0 Å². The van der Waals surface area contributed by atoms with E-state index < -0.39 is 6.10 Å². The lowest BCUT2D eigenvalue weighted by atomic mass is 10.2. The average molecular weight is 303 g/mol. The van der Waals surface area contributed by atoms with E-state index in [9.17, 15) is 9.90 Å². The molecule has 0 aliphatic heterocycles. The van der Waals surface area contributed by atoms with Crippen LogP contribution in [0.4, 0.5) is 0 Å². The van der Waals surface area contributed by atoms with E-state index in [-0.39, 0.29) is 19.1 Å². The van der Waals surface area contributed by atoms with Gasteiger partial charge >= 0.3 is 0 Å². The zero-order valence-corrected chi connectivity index (χ0v) is 12.8. The molecule has 6 heteroatoms. The first kappa shape index (κ1) is 16.0. The van der Waals surface area contributed by atoms with Gasteiger partial charge in [0.2, 0.25) is 0 Å². The Balaban J connectivity index is 1.75. The second-order valence-electron chi connectivity index (χ2n) is 5.08. The lowest BCUT2D eigenvalue weighted by Gasteiger charge is -2.13. The van der Waals surface area contributed by atoms with Gasteiger partial charge in [0, 0.05) is 19.3 Å². The lowest BCUT2D eigenvalue weighted by Crippen LogP contribution is -2.35. The van der Waals surface area contributed by atoms with Crippen LogP contribution in [-0.4, -0.2) is 40.0 Å². The van der Waals surface area contributed by atoms with E-state index in [1.165, 1.54) is 6.20 Å². The number of rotatable bonds is 7. The number of nitrogens with one attached hydrogen (secondary N) is 1. The maximum atomic E-state index is 11.9. The van der Waals surface area contributed by atoms with Crippen molar-refractivity contribution in [2.24, 2.45) is 0 Å². The number of ether oxygens (including phenoxy) is 1. The van der Waals surface area contributed by atoms with Crippen LogP contribution < -0.4 is 10.1 Å². The van der Waals surface area contributed by atoms with Crippen LogP contribution in [0.5, 0.6) is 5.75 Å². The number of hydrogen-bond donors (Lipinski definition) is 2. The summed E-state index contributed by atoms with van der Waals surface area (Å²) in [5.74, 6) is 0.448. The summed E-state index contributed by atoms with van der Waals surface area (Å²) in [4.78, 5) is 11.9. The predicted molar refractivity (Wildman–Crippen MR) is 82.9 cm³/mol. The lowest BCUT2D eigenvalue weighted by molar-refractivity contribution is 0.0843. The second-order valence-corrected chi connectivity index (χ2v) is 5.08. The number of carbonyl (C=O) groups excluding carboxylic acids is 1. The highest BCUT2D eigenvalue weighted by Crippen LogP contribution is 2.12. The van der Waals surface area contributed by atoms with E-state index in [1.54, 1.807) is 10.9 Å². The molecule has 6 nitrogen and oxygen atoms in total. The second kappa shape index (κ2) is 7.61. The smallest absolute Gasteiger partial charge is 0.254 e. The molecule has 1 amide bonds. The normalized spacial score (nSPS) is 12.0. The maximum absolute atomic E-state index is 11.9. The topological polar surface area (TPSA) is 76.4 Å². The summed E-state index contributed by atoms with van der Waals surface area (Å²) >= 11 is 0. The van der Waals surface area contributed by atoms with Gasteiger partial charge in [0.25, 0.3) is 5.91 Å². The summed E-state index contributed by atoms with van der Waals surface area (Å²) < 4.78 is 7.16. The third-order valence-corrected chi connectivity index (χ3v) is 3.15. The Bertz CT molecular complexity index is 625. The number of aliphatic hydroxyl groups excluding tert-OH is 1. The van der Waals surface area contributed by atoms with Crippen molar-refractivity contribution in [1.82, 2.24) is 15.1 Å². The third-order valence-electron chi connectivity index (χ3n) is 3.15. The molecule has 0 aliphatic rings. The summed E-state index contributed by atoms with van der Waals surface area (Å²) in [6.45, 7) is 4.88. The molecule has 2 rings (SSSR count). The monoisotopic (exact) mass is 303 g/mol. The third kappa shape index (κ3) is 4.60. The van der Waals surface area contributed by atoms with Crippen LogP contribution in [0, 0.1) is 6.92 Å². The van der Waals surface area contributed by atoms with Gasteiger partial charge in [-0.05, 0) is 31.5 Å². The molecule has 2 N–H and O–H groups in total. The molecule has 0 aliphatic carbocycles. The fourth-order valence-corrected chi connectivity index (χ4v) is 1.92. The van der Waals surface area contributed by atoms with Gasteiger partial charge in [-0.2, -0.15) is 5.10 Å². The molecular formula is C16H21N3O3. The first-order chi connectivity index (χ1) is 10.6. The average Bonchev–Trinajstić information content (AvgIpc) is 3.00. The molecule has 0 saturated carbocycles. The maximum Gasteiger partial charge on any atom is 0.254 e. The van der Waals surface area contributed by atoms with Crippen LogP contribution in [0.15, 0.2) is 36.7 Å². The van der Waals surface area contributed by atoms with Gasteiger partial charge in [0.15, 0.2) is 0 Å². The van der Waals surface area contributed by atoms with Crippen molar-refractivity contribution in [2.45, 2.75) is 26.5 Å². The standard InChI is InChI=1S/C16H21N3O3/c1-3-19-10-13(8-18-19)16(21)17-9-14(20)11-22-15-6-4-5-12(2)7-15/h4-8,10,14,20H,3,9,11H2,1-2H3,(H,17,21). The summed E-state index contributed by atoms with van der Waals surface area (Å²) in [5.41, 5.74) is 1.57. The minimum Gasteiger partial charge on any atom is -0.491 e. The molecule has 1 heterocycles. The first-order valence-electron chi connectivity index (χ1n) is 7.26. The molecule has 1 aromatic carbocycles. The van der Waals surface area contributed by atoms with Crippen molar-refractivity contribution in [2.75, 3.05) is 13.2 Å². The van der Waals surface area contributed by atoms with Gasteiger partial charge in [-0.1, -0.05) is 12.1 Å². The quantitative estimate of drug-likeness (QED) is 0.810. The minimum atomic E-state index is -0.773. The Morgan fingerprint density at radius 2 is 2.32 bits per heavy atom. The number of aryl methyl sites for hydroxylation is 2. The number of nitrogens with zero attached hydrogens (tertiary/aromatic N) is 2. The predicted octanol–water partition coefficient (Wildman–Crippen LogP) is 1.38. The van der Waals surface area contributed by atoms with E-state index >= 15 is 0 Å². The Labute approximate surface area is 129 Å². The number of aromatic nitrogens is 2. The molecule has 1 unspecified atom stereocenters. The molecule has 2 aromatic rings. The number of amides is 1. The van der Waals surface area contributed by atoms with E-state index in [0.717, 1.165) is 5.56 Å². The highest BCUT2D eigenvalue weighted by atomic mass is 16.5. The SMILES string of the molecule is CCn1cc(C(=O)NCC(O)COc2cccc(C)c2)cn1. The molecular weight excluding hydrogens is 282 g/mol. The van der Waals surface area contributed by atoms with E-state index in [0.29, 0.717) is 17.9 Å².